The van der Waals surface area contributed by atoms with Crippen molar-refractivity contribution in [1.82, 2.24) is 0 Å². The van der Waals surface area contributed by atoms with E-state index in [4.69, 9.17) is 13.9 Å². The van der Waals surface area contributed by atoms with Crippen LogP contribution in [0.5, 0.6) is 11.5 Å². The molecule has 2 N–H and O–H groups in total. The van der Waals surface area contributed by atoms with Crippen molar-refractivity contribution in [2.45, 2.75) is 44.3 Å². The molecule has 3 rings (SSSR count). The summed E-state index contributed by atoms with van der Waals surface area (Å²) in [5.74, 6) is 0.409. The Hall–Kier alpha value is -3.17. The van der Waals surface area contributed by atoms with Crippen LogP contribution >= 0.6 is 0 Å². The first-order valence-electron chi connectivity index (χ1n) is 10.9. The molecule has 2 unspecified atom stereocenters. The summed E-state index contributed by atoms with van der Waals surface area (Å²) >= 11 is 0. The maximum Gasteiger partial charge on any atom is 0.573 e. The lowest BCUT2D eigenvalue weighted by atomic mass is 10.0. The van der Waals surface area contributed by atoms with Gasteiger partial charge in [-0.2, -0.15) is 0 Å². The molecule has 2 atom stereocenters. The fraction of sp³-hybridized carbons (Fsp3) is 0.360. The number of hydrogen-bond donors (Lipinski definition) is 2. The summed E-state index contributed by atoms with van der Waals surface area (Å²) in [4.78, 5) is 0. The van der Waals surface area contributed by atoms with Gasteiger partial charge in [0, 0.05) is 11.5 Å². The summed E-state index contributed by atoms with van der Waals surface area (Å²) in [6, 6.07) is 12.5. The molecule has 0 aliphatic heterocycles. The molecule has 0 saturated carbocycles. The molecule has 6 nitrogen and oxygen atoms in total. The summed E-state index contributed by atoms with van der Waals surface area (Å²) in [5, 5.41) is 20.7. The number of ether oxygens (including phenoxy) is 3. The molecule has 0 amide bonds. The number of benzene rings is 2. The predicted molar refractivity (Wildman–Crippen MR) is 120 cm³/mol. The Bertz CT molecular complexity index is 1060. The topological polar surface area (TPSA) is 81.3 Å². The molecule has 0 saturated heterocycles. The highest BCUT2D eigenvalue weighted by Crippen LogP contribution is 2.37. The largest absolute Gasteiger partial charge is 0.573 e. The van der Waals surface area contributed by atoms with Gasteiger partial charge in [0.2, 0.25) is 0 Å². The highest BCUT2D eigenvalue weighted by Gasteiger charge is 2.32. The molecule has 1 heterocycles. The number of aliphatic hydroxyl groups is 2. The molecule has 3 aromatic rings. The molecule has 0 spiro atoms. The molecule has 0 aliphatic carbocycles. The second kappa shape index (κ2) is 11.8. The zero-order chi connectivity index (χ0) is 24.6. The molecule has 34 heavy (non-hydrogen) atoms. The Balaban J connectivity index is 1.56. The molecule has 0 fully saturated rings. The SMILES string of the molecule is C=COCCCC(O)C(O)CCCOc1ccc2cc(-c3ccccc3OC(F)(F)F)oc2c1. The first-order valence-corrected chi connectivity index (χ1v) is 10.9. The summed E-state index contributed by atoms with van der Waals surface area (Å²) in [6.07, 6.45) is -3.26. The monoisotopic (exact) mass is 480 g/mol. The van der Waals surface area contributed by atoms with Crippen molar-refractivity contribution in [3.05, 3.63) is 61.4 Å². The van der Waals surface area contributed by atoms with E-state index in [2.05, 4.69) is 11.3 Å². The van der Waals surface area contributed by atoms with Crippen LogP contribution in [0, 0.1) is 0 Å². The third-order valence-corrected chi connectivity index (χ3v) is 5.11. The average molecular weight is 480 g/mol. The van der Waals surface area contributed by atoms with E-state index in [1.54, 1.807) is 30.3 Å². The van der Waals surface area contributed by atoms with Crippen molar-refractivity contribution < 1.29 is 42.0 Å². The van der Waals surface area contributed by atoms with Crippen LogP contribution in [0.25, 0.3) is 22.3 Å². The number of alkyl halides is 3. The molecular weight excluding hydrogens is 453 g/mol. The molecule has 0 radical (unpaired) electrons. The number of fused-ring (bicyclic) bond motifs is 1. The van der Waals surface area contributed by atoms with Crippen LogP contribution in [-0.2, 0) is 4.74 Å². The van der Waals surface area contributed by atoms with Gasteiger partial charge in [-0.1, -0.05) is 18.7 Å². The van der Waals surface area contributed by atoms with Gasteiger partial charge in [-0.3, -0.25) is 0 Å². The molecule has 0 aliphatic rings. The molecule has 0 bridgehead atoms. The van der Waals surface area contributed by atoms with E-state index in [-0.39, 0.29) is 17.1 Å². The lowest BCUT2D eigenvalue weighted by Crippen LogP contribution is -2.26. The Morgan fingerprint density at radius 2 is 1.68 bits per heavy atom. The summed E-state index contributed by atoms with van der Waals surface area (Å²) in [6.45, 7) is 4.19. The Labute approximate surface area is 195 Å². The summed E-state index contributed by atoms with van der Waals surface area (Å²) in [5.41, 5.74) is 0.633. The molecule has 184 valence electrons. The van der Waals surface area contributed by atoms with Crippen LogP contribution in [-0.4, -0.2) is 42.0 Å². The lowest BCUT2D eigenvalue weighted by molar-refractivity contribution is -0.274. The number of aliphatic hydroxyl groups excluding tert-OH is 2. The normalized spacial score (nSPS) is 13.4. The third kappa shape index (κ3) is 7.43. The number of hydrogen-bond acceptors (Lipinski definition) is 6. The van der Waals surface area contributed by atoms with E-state index in [0.29, 0.717) is 55.6 Å². The van der Waals surface area contributed by atoms with E-state index in [9.17, 15) is 23.4 Å². The summed E-state index contributed by atoms with van der Waals surface area (Å²) < 4.78 is 58.7. The van der Waals surface area contributed by atoms with Crippen LogP contribution in [0.4, 0.5) is 13.2 Å². The quantitative estimate of drug-likeness (QED) is 0.237. The second-order valence-corrected chi connectivity index (χ2v) is 7.66. The highest BCUT2D eigenvalue weighted by molar-refractivity contribution is 5.85. The van der Waals surface area contributed by atoms with Crippen molar-refractivity contribution in [2.24, 2.45) is 0 Å². The third-order valence-electron chi connectivity index (χ3n) is 5.11. The maximum atomic E-state index is 12.7. The van der Waals surface area contributed by atoms with Crippen LogP contribution in [0.3, 0.4) is 0 Å². The minimum Gasteiger partial charge on any atom is -0.502 e. The van der Waals surface area contributed by atoms with E-state index < -0.39 is 18.6 Å². The van der Waals surface area contributed by atoms with Gasteiger partial charge < -0.3 is 28.8 Å². The van der Waals surface area contributed by atoms with Crippen molar-refractivity contribution in [2.75, 3.05) is 13.2 Å². The van der Waals surface area contributed by atoms with E-state index in [1.807, 2.05) is 0 Å². The summed E-state index contributed by atoms with van der Waals surface area (Å²) in [7, 11) is 0. The number of rotatable bonds is 13. The smallest absolute Gasteiger partial charge is 0.502 e. The van der Waals surface area contributed by atoms with Crippen molar-refractivity contribution in [3.63, 3.8) is 0 Å². The van der Waals surface area contributed by atoms with Crippen LogP contribution in [0.1, 0.15) is 25.7 Å². The zero-order valence-electron chi connectivity index (χ0n) is 18.5. The average Bonchev–Trinajstić information content (AvgIpc) is 3.21. The number of para-hydroxylation sites is 1. The fourth-order valence-electron chi connectivity index (χ4n) is 3.44. The minimum absolute atomic E-state index is 0.182. The van der Waals surface area contributed by atoms with Gasteiger partial charge in [-0.05, 0) is 56.0 Å². The van der Waals surface area contributed by atoms with Gasteiger partial charge in [0.25, 0.3) is 0 Å². The minimum atomic E-state index is -4.81. The maximum absolute atomic E-state index is 12.7. The second-order valence-electron chi connectivity index (χ2n) is 7.66. The lowest BCUT2D eigenvalue weighted by Gasteiger charge is -2.17. The standard InChI is InChI=1S/C25H27F3O6/c1-2-31-13-5-8-20(29)21(30)9-6-14-32-18-12-11-17-15-24(33-23(17)16-18)19-7-3-4-10-22(19)34-25(26,27)28/h2-4,7,10-12,15-16,20-21,29-30H,1,5-6,8-9,13-14H2. The van der Waals surface area contributed by atoms with Gasteiger partial charge in [-0.25, -0.2) is 0 Å². The van der Waals surface area contributed by atoms with Gasteiger partial charge in [-0.15, -0.1) is 13.2 Å². The zero-order valence-corrected chi connectivity index (χ0v) is 18.5. The Morgan fingerprint density at radius 1 is 0.971 bits per heavy atom. The van der Waals surface area contributed by atoms with Crippen LogP contribution in [0.2, 0.25) is 0 Å². The van der Waals surface area contributed by atoms with Crippen molar-refractivity contribution >= 4 is 11.0 Å². The van der Waals surface area contributed by atoms with Gasteiger partial charge >= 0.3 is 6.36 Å². The van der Waals surface area contributed by atoms with Gasteiger partial charge in [0.15, 0.2) is 0 Å². The molecular formula is C25H27F3O6. The van der Waals surface area contributed by atoms with Crippen molar-refractivity contribution in [3.8, 4) is 22.8 Å². The fourth-order valence-corrected chi connectivity index (χ4v) is 3.44. The van der Waals surface area contributed by atoms with Crippen LogP contribution < -0.4 is 9.47 Å². The first kappa shape index (κ1) is 25.5. The molecule has 1 aromatic heterocycles. The van der Waals surface area contributed by atoms with E-state index in [1.165, 1.54) is 24.5 Å². The highest BCUT2D eigenvalue weighted by atomic mass is 19.4. The molecule has 2 aromatic carbocycles. The van der Waals surface area contributed by atoms with Gasteiger partial charge in [0.1, 0.15) is 22.8 Å². The first-order chi connectivity index (χ1) is 16.3. The van der Waals surface area contributed by atoms with E-state index >= 15 is 0 Å². The van der Waals surface area contributed by atoms with Crippen LogP contribution in [0.15, 0.2) is 65.8 Å². The van der Waals surface area contributed by atoms with Crippen molar-refractivity contribution in [1.29, 1.82) is 0 Å². The predicted octanol–water partition coefficient (Wildman–Crippen LogP) is 5.82. The van der Waals surface area contributed by atoms with E-state index in [0.717, 1.165) is 0 Å². The Kier molecular flexibility index (Phi) is 8.84. The number of halogens is 3. The number of furan rings is 1. The Morgan fingerprint density at radius 3 is 2.38 bits per heavy atom. The molecule has 9 heteroatoms. The van der Waals surface area contributed by atoms with Gasteiger partial charge in [0.05, 0.1) is 37.2 Å².